The van der Waals surface area contributed by atoms with Gasteiger partial charge in [0.2, 0.25) is 0 Å². The quantitative estimate of drug-likeness (QED) is 0.623. The molecular formula is C24H33N2OY+. The molecule has 1 aliphatic heterocycles. The Morgan fingerprint density at radius 3 is 2.07 bits per heavy atom. The van der Waals surface area contributed by atoms with Crippen molar-refractivity contribution in [3.8, 4) is 0 Å². The first-order chi connectivity index (χ1) is 13.0. The predicted molar refractivity (Wildman–Crippen MR) is 113 cm³/mol. The molecule has 1 fully saturated rings. The summed E-state index contributed by atoms with van der Waals surface area (Å²) in [7, 11) is 0. The average Bonchev–Trinajstić information content (AvgIpc) is 2.84. The van der Waals surface area contributed by atoms with E-state index in [1.54, 1.807) is 0 Å². The molecular weight excluding hydrogens is 421 g/mol. The van der Waals surface area contributed by atoms with E-state index in [1.807, 2.05) is 0 Å². The van der Waals surface area contributed by atoms with Gasteiger partial charge in [0.25, 0.3) is 5.91 Å². The van der Waals surface area contributed by atoms with Crippen LogP contribution < -0.4 is 5.32 Å². The zero-order valence-corrected chi connectivity index (χ0v) is 20.5. The van der Waals surface area contributed by atoms with E-state index in [0.717, 1.165) is 40.9 Å². The molecule has 0 unspecified atom stereocenters. The number of likely N-dealkylation sites (tertiary alicyclic amines) is 1. The Labute approximate surface area is 195 Å². The Morgan fingerprint density at radius 2 is 1.50 bits per heavy atom. The fraction of sp³-hybridized carbons (Fsp3) is 0.458. The van der Waals surface area contributed by atoms with Gasteiger partial charge in [-0.05, 0) is 57.6 Å². The summed E-state index contributed by atoms with van der Waals surface area (Å²) in [5, 5.41) is 3.23. The topological polar surface area (TPSA) is 29.1 Å². The van der Waals surface area contributed by atoms with Crippen LogP contribution in [0.2, 0.25) is 0 Å². The first-order valence-electron chi connectivity index (χ1n) is 10.2. The number of anilines is 1. The fourth-order valence-corrected chi connectivity index (χ4v) is 4.56. The molecule has 1 amide bonds. The van der Waals surface area contributed by atoms with E-state index in [9.17, 15) is 4.79 Å². The molecule has 1 radical (unpaired) electrons. The van der Waals surface area contributed by atoms with E-state index < -0.39 is 0 Å². The molecule has 0 aromatic heterocycles. The van der Waals surface area contributed by atoms with Crippen LogP contribution in [0.5, 0.6) is 0 Å². The van der Waals surface area contributed by atoms with Crippen molar-refractivity contribution in [3.05, 3.63) is 64.7 Å². The summed E-state index contributed by atoms with van der Waals surface area (Å²) in [6, 6.07) is 14.9. The number of carbonyl (C=O) groups excluding carboxylic acids is 1. The molecule has 1 aliphatic rings. The van der Waals surface area contributed by atoms with Gasteiger partial charge < -0.3 is 9.80 Å². The minimum absolute atomic E-state index is 0. The van der Waals surface area contributed by atoms with E-state index in [4.69, 9.17) is 0 Å². The second kappa shape index (κ2) is 10.7. The van der Waals surface area contributed by atoms with Crippen molar-refractivity contribution in [3.63, 3.8) is 0 Å². The zero-order valence-electron chi connectivity index (χ0n) is 17.6. The van der Waals surface area contributed by atoms with E-state index in [1.165, 1.54) is 36.8 Å². The molecule has 4 heteroatoms. The van der Waals surface area contributed by atoms with Crippen molar-refractivity contribution in [1.82, 2.24) is 0 Å². The summed E-state index contributed by atoms with van der Waals surface area (Å²) in [5.41, 5.74) is 5.84. The molecule has 3 rings (SSSR count). The molecule has 28 heavy (non-hydrogen) atoms. The van der Waals surface area contributed by atoms with Gasteiger partial charge in [0.15, 0.2) is 6.54 Å². The Hall–Kier alpha value is -1.03. The second-order valence-corrected chi connectivity index (χ2v) is 8.33. The third kappa shape index (κ3) is 6.24. The standard InChI is InChI=1S/C24H32N2O.Y/c1-19-15-20(2)24(21(3)16-19)25-23(27)18-26(13-9-4-5-10-14-26)17-22-11-7-6-8-12-22;/h6-8,11-12,15-16H,4-5,9-10,13-14,17-18H2,1-3H3;/p+1. The van der Waals surface area contributed by atoms with Crippen LogP contribution in [-0.2, 0) is 44.0 Å². The summed E-state index contributed by atoms with van der Waals surface area (Å²) in [6.07, 6.45) is 4.99. The van der Waals surface area contributed by atoms with Crippen LogP contribution in [0.25, 0.3) is 0 Å². The third-order valence-electron chi connectivity index (χ3n) is 5.80. The van der Waals surface area contributed by atoms with Crippen molar-refractivity contribution in [2.24, 2.45) is 0 Å². The smallest absolute Gasteiger partial charge is 0.279 e. The molecule has 0 atom stereocenters. The van der Waals surface area contributed by atoms with Gasteiger partial charge in [-0.1, -0.05) is 48.0 Å². The Kier molecular flexibility index (Phi) is 8.86. The molecule has 2 aromatic rings. The van der Waals surface area contributed by atoms with Crippen LogP contribution in [0, 0.1) is 20.8 Å². The Bertz CT molecular complexity index is 757. The zero-order chi connectivity index (χ0) is 19.3. The van der Waals surface area contributed by atoms with E-state index in [2.05, 4.69) is 68.6 Å². The molecule has 2 aromatic carbocycles. The number of quaternary nitrogens is 1. The summed E-state index contributed by atoms with van der Waals surface area (Å²) in [6.45, 7) is 9.94. The summed E-state index contributed by atoms with van der Waals surface area (Å²) >= 11 is 0. The van der Waals surface area contributed by atoms with Crippen molar-refractivity contribution in [2.75, 3.05) is 25.0 Å². The van der Waals surface area contributed by atoms with Gasteiger partial charge in [-0.25, -0.2) is 0 Å². The number of hydrogen-bond acceptors (Lipinski definition) is 1. The van der Waals surface area contributed by atoms with Crippen molar-refractivity contribution in [1.29, 1.82) is 0 Å². The molecule has 0 bridgehead atoms. The number of amides is 1. The van der Waals surface area contributed by atoms with Crippen LogP contribution in [0.3, 0.4) is 0 Å². The normalized spacial score (nSPS) is 16.0. The van der Waals surface area contributed by atoms with Gasteiger partial charge >= 0.3 is 0 Å². The van der Waals surface area contributed by atoms with Gasteiger partial charge in [0.1, 0.15) is 6.54 Å². The maximum absolute atomic E-state index is 13.1. The number of nitrogens with zero attached hydrogens (tertiary/aromatic N) is 1. The van der Waals surface area contributed by atoms with Gasteiger partial charge in [-0.15, -0.1) is 0 Å². The maximum Gasteiger partial charge on any atom is 0.279 e. The first-order valence-corrected chi connectivity index (χ1v) is 10.2. The minimum atomic E-state index is 0. The van der Waals surface area contributed by atoms with Crippen molar-refractivity contribution >= 4 is 11.6 Å². The number of rotatable bonds is 5. The number of carbonyl (C=O) groups is 1. The first kappa shape index (κ1) is 23.3. The molecule has 1 N–H and O–H groups in total. The monoisotopic (exact) mass is 454 g/mol. The molecule has 0 spiro atoms. The van der Waals surface area contributed by atoms with E-state index in [0.29, 0.717) is 6.54 Å². The van der Waals surface area contributed by atoms with E-state index in [-0.39, 0.29) is 38.6 Å². The number of benzene rings is 2. The van der Waals surface area contributed by atoms with Crippen LogP contribution >= 0.6 is 0 Å². The number of aryl methyl sites for hydroxylation is 3. The van der Waals surface area contributed by atoms with Gasteiger partial charge in [0.05, 0.1) is 13.1 Å². The molecule has 0 aliphatic carbocycles. The summed E-state index contributed by atoms with van der Waals surface area (Å²) < 4.78 is 0.875. The maximum atomic E-state index is 13.1. The van der Waals surface area contributed by atoms with Crippen molar-refractivity contribution < 1.29 is 42.0 Å². The molecule has 0 saturated carbocycles. The largest absolute Gasteiger partial charge is 0.321 e. The molecule has 1 saturated heterocycles. The van der Waals surface area contributed by atoms with Crippen LogP contribution in [0.4, 0.5) is 5.69 Å². The summed E-state index contributed by atoms with van der Waals surface area (Å²) in [5.74, 6) is 0.142. The fourth-order valence-electron chi connectivity index (χ4n) is 4.56. The molecule has 3 nitrogen and oxygen atoms in total. The molecule has 147 valence electrons. The Balaban J connectivity index is 0.00000280. The van der Waals surface area contributed by atoms with Gasteiger partial charge in [0, 0.05) is 44.0 Å². The third-order valence-corrected chi connectivity index (χ3v) is 5.80. The minimum Gasteiger partial charge on any atom is -0.321 e. The molecule has 1 heterocycles. The van der Waals surface area contributed by atoms with E-state index >= 15 is 0 Å². The predicted octanol–water partition coefficient (Wildman–Crippen LogP) is 5.14. The Morgan fingerprint density at radius 1 is 0.929 bits per heavy atom. The second-order valence-electron chi connectivity index (χ2n) is 8.33. The van der Waals surface area contributed by atoms with Crippen molar-refractivity contribution in [2.45, 2.75) is 53.0 Å². The number of nitrogens with one attached hydrogen (secondary N) is 1. The van der Waals surface area contributed by atoms with Crippen LogP contribution in [-0.4, -0.2) is 30.0 Å². The summed E-state index contributed by atoms with van der Waals surface area (Å²) in [4.78, 5) is 13.1. The van der Waals surface area contributed by atoms with Gasteiger partial charge in [-0.2, -0.15) is 0 Å². The van der Waals surface area contributed by atoms with Crippen LogP contribution in [0.15, 0.2) is 42.5 Å². The number of hydrogen-bond donors (Lipinski definition) is 1. The SMILES string of the molecule is Cc1cc(C)c(NC(=O)C[N+]2(Cc3ccccc3)CCCCCC2)c(C)c1.[Y]. The van der Waals surface area contributed by atoms with Crippen LogP contribution in [0.1, 0.15) is 47.9 Å². The average molecular weight is 454 g/mol. The van der Waals surface area contributed by atoms with Gasteiger partial charge in [-0.3, -0.25) is 4.79 Å².